The molecule has 0 atom stereocenters. The lowest BCUT2D eigenvalue weighted by Gasteiger charge is -2.42. The topological polar surface area (TPSA) is 104 Å². The van der Waals surface area contributed by atoms with Crippen LogP contribution < -0.4 is 24.0 Å². The van der Waals surface area contributed by atoms with Crippen LogP contribution in [-0.4, -0.2) is 109 Å². The van der Waals surface area contributed by atoms with Crippen LogP contribution in [0.1, 0.15) is 60.3 Å². The van der Waals surface area contributed by atoms with Crippen molar-refractivity contribution in [2.75, 3.05) is 102 Å². The van der Waals surface area contributed by atoms with E-state index in [0.717, 1.165) is 86.9 Å². The van der Waals surface area contributed by atoms with Crippen molar-refractivity contribution in [1.29, 1.82) is 0 Å². The fourth-order valence-electron chi connectivity index (χ4n) is 10.4. The van der Waals surface area contributed by atoms with Crippen LogP contribution in [0.2, 0.25) is 0 Å². The predicted octanol–water partition coefficient (Wildman–Crippen LogP) is 11.1. The molecule has 10 rings (SSSR count). The summed E-state index contributed by atoms with van der Waals surface area (Å²) in [6.07, 6.45) is 1.79. The standard InChI is InChI=1S/C59H62N4O8/c1-5-61(6-2)44-22-24-50-53(38-44)71-54-39-45(62(7-3)8-4)23-25-51(54)59(50)49-20-14-13-19-48(49)58(64)63(59)60-40-43-37-42-16-10-12-18-47(42)56-55-46-17-11-9-15-41(46)21-26-52(55)69-35-33-67-31-29-65-27-28-66-30-32-68-34-36-70-57(43)56/h9-26,37-40H,5-8,27-36H2,1-4H3/b60-40+. The molecule has 0 bridgehead atoms. The third-order valence-electron chi connectivity index (χ3n) is 13.8. The van der Waals surface area contributed by atoms with Crippen molar-refractivity contribution < 1.29 is 38.0 Å². The Morgan fingerprint density at radius 3 is 1.65 bits per heavy atom. The summed E-state index contributed by atoms with van der Waals surface area (Å²) in [5, 5.41) is 11.0. The molecular weight excluding hydrogens is 893 g/mol. The summed E-state index contributed by atoms with van der Waals surface area (Å²) in [5.74, 6) is 2.38. The van der Waals surface area contributed by atoms with Crippen LogP contribution in [0.4, 0.5) is 11.4 Å². The second-order valence-corrected chi connectivity index (χ2v) is 17.6. The number of hydrogen-bond acceptors (Lipinski definition) is 11. The van der Waals surface area contributed by atoms with Crippen molar-refractivity contribution in [1.82, 2.24) is 5.01 Å². The number of ether oxygens (including phenoxy) is 7. The number of carbonyl (C=O) groups excluding carboxylic acids is 1. The van der Waals surface area contributed by atoms with Crippen LogP contribution in [0.25, 0.3) is 32.7 Å². The van der Waals surface area contributed by atoms with Crippen LogP contribution in [0.5, 0.6) is 23.0 Å². The lowest BCUT2D eigenvalue weighted by atomic mass is 9.75. The molecule has 0 unspecified atom stereocenters. The number of rotatable bonds is 8. The first-order chi connectivity index (χ1) is 35.0. The Kier molecular flexibility index (Phi) is 14.5. The van der Waals surface area contributed by atoms with Crippen LogP contribution in [0, 0.1) is 0 Å². The summed E-state index contributed by atoms with van der Waals surface area (Å²) >= 11 is 0. The van der Waals surface area contributed by atoms with Gasteiger partial charge in [-0.3, -0.25) is 4.79 Å². The van der Waals surface area contributed by atoms with E-state index in [-0.39, 0.29) is 12.5 Å². The minimum Gasteiger partial charge on any atom is -0.491 e. The van der Waals surface area contributed by atoms with Gasteiger partial charge in [0.2, 0.25) is 0 Å². The number of hydrogen-bond donors (Lipinski definition) is 0. The maximum atomic E-state index is 15.4. The molecule has 0 fully saturated rings. The van der Waals surface area contributed by atoms with Gasteiger partial charge in [-0.25, -0.2) is 5.01 Å². The molecule has 12 nitrogen and oxygen atoms in total. The first-order valence-electron chi connectivity index (χ1n) is 25.1. The Hall–Kier alpha value is -6.96. The fraction of sp³-hybridized carbons (Fsp3) is 0.322. The maximum absolute atomic E-state index is 15.4. The largest absolute Gasteiger partial charge is 0.491 e. The van der Waals surface area contributed by atoms with Gasteiger partial charge in [-0.05, 0) is 79.6 Å². The van der Waals surface area contributed by atoms with Crippen molar-refractivity contribution in [3.8, 4) is 34.1 Å². The summed E-state index contributed by atoms with van der Waals surface area (Å²) in [6, 6.07) is 43.4. The molecule has 71 heavy (non-hydrogen) atoms. The van der Waals surface area contributed by atoms with E-state index in [1.54, 1.807) is 11.2 Å². The molecule has 7 aromatic rings. The molecule has 3 aliphatic heterocycles. The van der Waals surface area contributed by atoms with Crippen molar-refractivity contribution in [3.63, 3.8) is 0 Å². The van der Waals surface area contributed by atoms with E-state index in [1.807, 2.05) is 48.5 Å². The summed E-state index contributed by atoms with van der Waals surface area (Å²) in [7, 11) is 0. The second-order valence-electron chi connectivity index (χ2n) is 17.6. The summed E-state index contributed by atoms with van der Waals surface area (Å²) < 4.78 is 44.1. The van der Waals surface area contributed by atoms with Gasteiger partial charge >= 0.3 is 0 Å². The number of fused-ring (bicyclic) bond motifs is 13. The Balaban J connectivity index is 1.18. The zero-order valence-electron chi connectivity index (χ0n) is 41.2. The van der Waals surface area contributed by atoms with Gasteiger partial charge in [0, 0.05) is 88.6 Å². The lowest BCUT2D eigenvalue weighted by Crippen LogP contribution is -2.44. The average molecular weight is 955 g/mol. The first kappa shape index (κ1) is 47.7. The van der Waals surface area contributed by atoms with E-state index < -0.39 is 5.54 Å². The molecule has 3 aliphatic rings. The molecule has 0 N–H and O–H groups in total. The molecule has 7 aromatic carbocycles. The van der Waals surface area contributed by atoms with Crippen LogP contribution >= 0.6 is 0 Å². The van der Waals surface area contributed by atoms with Gasteiger partial charge in [0.25, 0.3) is 5.91 Å². The maximum Gasteiger partial charge on any atom is 0.275 e. The molecule has 0 saturated heterocycles. The Bertz CT molecular complexity index is 2990. The van der Waals surface area contributed by atoms with Crippen molar-refractivity contribution >= 4 is 45.0 Å². The second kappa shape index (κ2) is 21.6. The molecule has 12 heteroatoms. The van der Waals surface area contributed by atoms with E-state index in [1.165, 1.54) is 0 Å². The molecule has 1 spiro atoms. The number of hydrazone groups is 1. The highest BCUT2D eigenvalue weighted by Crippen LogP contribution is 2.59. The molecule has 0 aromatic heterocycles. The molecule has 0 aliphatic carbocycles. The van der Waals surface area contributed by atoms with Crippen molar-refractivity contribution in [2.24, 2.45) is 5.10 Å². The zero-order chi connectivity index (χ0) is 48.7. The van der Waals surface area contributed by atoms with E-state index in [0.29, 0.717) is 93.6 Å². The van der Waals surface area contributed by atoms with Gasteiger partial charge in [-0.15, -0.1) is 0 Å². The van der Waals surface area contributed by atoms with Crippen LogP contribution in [-0.2, 0) is 24.5 Å². The minimum absolute atomic E-state index is 0.226. The van der Waals surface area contributed by atoms with E-state index in [9.17, 15) is 0 Å². The molecule has 3 heterocycles. The normalized spacial score (nSPS) is 16.3. The molecule has 0 saturated carbocycles. The highest BCUT2D eigenvalue weighted by Gasteiger charge is 2.57. The minimum atomic E-state index is -1.20. The van der Waals surface area contributed by atoms with Gasteiger partial charge in [0.05, 0.1) is 59.1 Å². The molecule has 366 valence electrons. The van der Waals surface area contributed by atoms with Gasteiger partial charge in [0.15, 0.2) is 0 Å². The number of amides is 1. The van der Waals surface area contributed by atoms with E-state index in [2.05, 4.69) is 116 Å². The predicted molar refractivity (Wildman–Crippen MR) is 281 cm³/mol. The summed E-state index contributed by atoms with van der Waals surface area (Å²) in [6.45, 7) is 15.8. The first-order valence-corrected chi connectivity index (χ1v) is 25.1. The summed E-state index contributed by atoms with van der Waals surface area (Å²) in [4.78, 5) is 20.0. The zero-order valence-corrected chi connectivity index (χ0v) is 41.2. The summed E-state index contributed by atoms with van der Waals surface area (Å²) in [5.41, 5.74) is 6.31. The average Bonchev–Trinajstić information content (AvgIpc) is 3.64. The van der Waals surface area contributed by atoms with Crippen molar-refractivity contribution in [2.45, 2.75) is 33.2 Å². The van der Waals surface area contributed by atoms with E-state index in [4.69, 9.17) is 38.3 Å². The SMILES string of the molecule is CCN(CC)c1ccc2c(c1)Oc1cc(N(CC)CC)ccc1C21c2ccccc2C(=O)N1/N=C/c1cc2ccccc2c2c1OCCOCCOCCOCCOCCOc1ccc3ccccc3c1-2. The molecule has 0 radical (unpaired) electrons. The van der Waals surface area contributed by atoms with Gasteiger partial charge in [-0.1, -0.05) is 84.9 Å². The Labute approximate surface area is 416 Å². The third kappa shape index (κ3) is 9.06. The number of carbonyl (C=O) groups is 1. The monoisotopic (exact) mass is 954 g/mol. The third-order valence-corrected chi connectivity index (χ3v) is 13.8. The highest BCUT2D eigenvalue weighted by atomic mass is 16.6. The van der Waals surface area contributed by atoms with Gasteiger partial charge < -0.3 is 43.0 Å². The highest BCUT2D eigenvalue weighted by molar-refractivity contribution is 6.13. The van der Waals surface area contributed by atoms with E-state index >= 15 is 4.79 Å². The quantitative estimate of drug-likeness (QED) is 0.137. The molecule has 1 amide bonds. The fourth-order valence-corrected chi connectivity index (χ4v) is 10.4. The molecular formula is C59H62N4O8. The van der Waals surface area contributed by atoms with Crippen molar-refractivity contribution in [3.05, 3.63) is 155 Å². The van der Waals surface area contributed by atoms with Crippen LogP contribution in [0.15, 0.2) is 132 Å². The van der Waals surface area contributed by atoms with Gasteiger partial charge in [-0.2, -0.15) is 5.10 Å². The number of nitrogens with zero attached hydrogens (tertiary/aromatic N) is 4. The lowest BCUT2D eigenvalue weighted by molar-refractivity contribution is -0.00704. The number of anilines is 2. The number of benzene rings is 7. The Morgan fingerprint density at radius 2 is 1.04 bits per heavy atom. The Morgan fingerprint density at radius 1 is 0.521 bits per heavy atom. The smallest absolute Gasteiger partial charge is 0.275 e. The van der Waals surface area contributed by atoms with Gasteiger partial charge in [0.1, 0.15) is 41.8 Å². The van der Waals surface area contributed by atoms with Crippen LogP contribution in [0.3, 0.4) is 0 Å².